The number of amidine groups is 1. The molecule has 1 aromatic carbocycles. The minimum Gasteiger partial charge on any atom is -0.390 e. The van der Waals surface area contributed by atoms with E-state index in [1.807, 2.05) is 0 Å². The van der Waals surface area contributed by atoms with Gasteiger partial charge in [-0.3, -0.25) is 5.10 Å². The maximum atomic E-state index is 11.8. The standard InChI is InChI=1S/C10H9ClN6O2P/c11-7-3-1-2-4-8(7)19-20(18)17-10(13-5-12)9-14-6-15-16-9/h1-6H,(H,14,15,16)(H2,12,13,17,18)/q+1. The van der Waals surface area contributed by atoms with Crippen LogP contribution in [0, 0.1) is 0 Å². The van der Waals surface area contributed by atoms with Gasteiger partial charge in [0.05, 0.1) is 11.4 Å². The van der Waals surface area contributed by atoms with Crippen molar-refractivity contribution in [1.82, 2.24) is 15.2 Å². The molecule has 0 aliphatic rings. The molecule has 1 atom stereocenters. The zero-order valence-corrected chi connectivity index (χ0v) is 11.6. The van der Waals surface area contributed by atoms with E-state index in [9.17, 15) is 4.57 Å². The van der Waals surface area contributed by atoms with Crippen LogP contribution in [0.25, 0.3) is 0 Å². The highest BCUT2D eigenvalue weighted by atomic mass is 35.5. The smallest absolute Gasteiger partial charge is 0.390 e. The molecule has 0 saturated heterocycles. The minimum atomic E-state index is -2.43. The number of H-pyrrole nitrogens is 1. The summed E-state index contributed by atoms with van der Waals surface area (Å²) < 4.78 is 20.8. The van der Waals surface area contributed by atoms with Crippen LogP contribution in [0.15, 0.2) is 40.3 Å². The number of nitrogens with zero attached hydrogens (tertiary/aromatic N) is 4. The highest BCUT2D eigenvalue weighted by Gasteiger charge is 2.24. The molecule has 1 unspecified atom stereocenters. The lowest BCUT2D eigenvalue weighted by molar-refractivity contribution is 0.506. The van der Waals surface area contributed by atoms with E-state index in [0.717, 1.165) is 6.34 Å². The fourth-order valence-corrected chi connectivity index (χ4v) is 2.12. The van der Waals surface area contributed by atoms with E-state index in [0.29, 0.717) is 5.02 Å². The van der Waals surface area contributed by atoms with Gasteiger partial charge in [0.2, 0.25) is 5.75 Å². The second-order valence-electron chi connectivity index (χ2n) is 3.30. The summed E-state index contributed by atoms with van der Waals surface area (Å²) in [6.45, 7) is 0. The highest BCUT2D eigenvalue weighted by Crippen LogP contribution is 2.33. The van der Waals surface area contributed by atoms with Gasteiger partial charge in [0.15, 0.2) is 5.82 Å². The number of nitrogens with two attached hydrogens (primary N) is 1. The summed E-state index contributed by atoms with van der Waals surface area (Å²) in [4.78, 5) is 7.58. The van der Waals surface area contributed by atoms with Crippen LogP contribution in [0.5, 0.6) is 5.75 Å². The largest absolute Gasteiger partial charge is 0.723 e. The topological polar surface area (TPSA) is 119 Å². The molecule has 3 N–H and O–H groups in total. The van der Waals surface area contributed by atoms with Crippen LogP contribution < -0.4 is 10.3 Å². The van der Waals surface area contributed by atoms with Crippen LogP contribution in [0.2, 0.25) is 5.02 Å². The number of halogens is 1. The quantitative estimate of drug-likeness (QED) is 0.508. The molecule has 2 aromatic rings. The first kappa shape index (κ1) is 14.1. The lowest BCUT2D eigenvalue weighted by Gasteiger charge is -1.94. The number of benzene rings is 1. The van der Waals surface area contributed by atoms with Crippen LogP contribution in [-0.2, 0) is 4.57 Å². The van der Waals surface area contributed by atoms with Crippen molar-refractivity contribution in [3.8, 4) is 5.75 Å². The van der Waals surface area contributed by atoms with E-state index < -0.39 is 8.18 Å². The van der Waals surface area contributed by atoms with Gasteiger partial charge in [-0.05, 0) is 12.1 Å². The van der Waals surface area contributed by atoms with Crippen LogP contribution in [-0.4, -0.2) is 27.4 Å². The van der Waals surface area contributed by atoms with E-state index in [2.05, 4.69) is 24.9 Å². The summed E-state index contributed by atoms with van der Waals surface area (Å²) in [5.74, 6) is 0.489. The SMILES string of the molecule is NC=NC(=N[P+](=O)Oc1ccccc1Cl)c1ncn[nH]1. The maximum Gasteiger partial charge on any atom is 0.723 e. The van der Waals surface area contributed by atoms with E-state index in [-0.39, 0.29) is 17.4 Å². The Kier molecular flexibility index (Phi) is 4.75. The van der Waals surface area contributed by atoms with Crippen molar-refractivity contribution in [2.24, 2.45) is 15.5 Å². The Bertz CT molecular complexity index is 658. The summed E-state index contributed by atoms with van der Waals surface area (Å²) in [6.07, 6.45) is 2.26. The lowest BCUT2D eigenvalue weighted by atomic mass is 10.3. The van der Waals surface area contributed by atoms with Crippen molar-refractivity contribution in [2.45, 2.75) is 0 Å². The molecule has 1 aromatic heterocycles. The molecule has 0 aliphatic heterocycles. The number of hydrogen-bond donors (Lipinski definition) is 2. The summed E-state index contributed by atoms with van der Waals surface area (Å²) >= 11 is 5.89. The third-order valence-electron chi connectivity index (χ3n) is 2.01. The van der Waals surface area contributed by atoms with E-state index in [1.165, 1.54) is 6.33 Å². The van der Waals surface area contributed by atoms with Crippen molar-refractivity contribution in [3.05, 3.63) is 41.4 Å². The molecular formula is C10H9ClN6O2P+. The second-order valence-corrected chi connectivity index (χ2v) is 4.56. The maximum absolute atomic E-state index is 11.8. The number of aliphatic imine (C=N–C) groups is 1. The zero-order chi connectivity index (χ0) is 14.4. The minimum absolute atomic E-state index is 0.0122. The summed E-state index contributed by atoms with van der Waals surface area (Å²) in [7, 11) is -2.43. The average molecular weight is 312 g/mol. The molecule has 10 heteroatoms. The Labute approximate surface area is 119 Å². The molecular weight excluding hydrogens is 303 g/mol. The Hall–Kier alpha value is -2.31. The predicted molar refractivity (Wildman–Crippen MR) is 75.3 cm³/mol. The molecule has 1 heterocycles. The van der Waals surface area contributed by atoms with E-state index >= 15 is 0 Å². The number of hydrogen-bond acceptors (Lipinski definition) is 4. The Balaban J connectivity index is 2.20. The van der Waals surface area contributed by atoms with Crippen molar-refractivity contribution in [2.75, 3.05) is 0 Å². The molecule has 102 valence electrons. The average Bonchev–Trinajstić information content (AvgIpc) is 2.95. The number of aromatic nitrogens is 3. The van der Waals surface area contributed by atoms with Gasteiger partial charge in [-0.15, -0.1) is 0 Å². The normalized spacial score (nSPS) is 12.7. The number of nitrogens with one attached hydrogen (secondary N) is 1. The molecule has 0 radical (unpaired) electrons. The lowest BCUT2D eigenvalue weighted by Crippen LogP contribution is -2.03. The summed E-state index contributed by atoms with van der Waals surface area (Å²) in [6, 6.07) is 6.61. The molecule has 0 aliphatic carbocycles. The van der Waals surface area contributed by atoms with Crippen molar-refractivity contribution < 1.29 is 9.09 Å². The molecule has 0 fully saturated rings. The van der Waals surface area contributed by atoms with Crippen LogP contribution in [0.1, 0.15) is 5.82 Å². The highest BCUT2D eigenvalue weighted by molar-refractivity contribution is 7.38. The Morgan fingerprint density at radius 2 is 2.30 bits per heavy atom. The van der Waals surface area contributed by atoms with Crippen LogP contribution >= 0.6 is 19.8 Å². The Morgan fingerprint density at radius 1 is 1.50 bits per heavy atom. The van der Waals surface area contributed by atoms with Crippen LogP contribution in [0.3, 0.4) is 0 Å². The predicted octanol–water partition coefficient (Wildman–Crippen LogP) is 1.93. The van der Waals surface area contributed by atoms with Crippen LogP contribution in [0.4, 0.5) is 0 Å². The second kappa shape index (κ2) is 6.74. The fraction of sp³-hybridized carbons (Fsp3) is 0. The van der Waals surface area contributed by atoms with Gasteiger partial charge in [0, 0.05) is 9.33 Å². The van der Waals surface area contributed by atoms with Gasteiger partial charge in [-0.1, -0.05) is 23.7 Å². The van der Waals surface area contributed by atoms with E-state index in [1.54, 1.807) is 24.3 Å². The fourth-order valence-electron chi connectivity index (χ4n) is 1.22. The van der Waals surface area contributed by atoms with Crippen molar-refractivity contribution >= 4 is 32.0 Å². The monoisotopic (exact) mass is 311 g/mol. The number of aromatic amines is 1. The summed E-state index contributed by atoms with van der Waals surface area (Å²) in [5, 5.41) is 6.50. The zero-order valence-electron chi connectivity index (χ0n) is 9.97. The Morgan fingerprint density at radius 3 is 2.95 bits per heavy atom. The number of rotatable bonds is 4. The van der Waals surface area contributed by atoms with Crippen molar-refractivity contribution in [1.29, 1.82) is 0 Å². The van der Waals surface area contributed by atoms with Gasteiger partial charge in [0.25, 0.3) is 5.84 Å². The van der Waals surface area contributed by atoms with Gasteiger partial charge in [-0.2, -0.15) is 5.10 Å². The third kappa shape index (κ3) is 3.59. The molecule has 0 amide bonds. The van der Waals surface area contributed by atoms with Gasteiger partial charge in [0.1, 0.15) is 6.33 Å². The molecule has 0 saturated carbocycles. The molecule has 0 bridgehead atoms. The van der Waals surface area contributed by atoms with Gasteiger partial charge >= 0.3 is 8.18 Å². The molecule has 8 nitrogen and oxygen atoms in total. The van der Waals surface area contributed by atoms with Gasteiger partial charge in [-0.25, -0.2) is 14.5 Å². The number of para-hydroxylation sites is 1. The third-order valence-corrected chi connectivity index (χ3v) is 3.03. The first-order chi connectivity index (χ1) is 9.70. The molecule has 0 spiro atoms. The van der Waals surface area contributed by atoms with Crippen molar-refractivity contribution in [3.63, 3.8) is 0 Å². The molecule has 20 heavy (non-hydrogen) atoms. The van der Waals surface area contributed by atoms with E-state index in [4.69, 9.17) is 21.9 Å². The molecule has 2 rings (SSSR count). The summed E-state index contributed by atoms with van der Waals surface area (Å²) in [5.41, 5.74) is 5.20. The van der Waals surface area contributed by atoms with Gasteiger partial charge < -0.3 is 5.73 Å². The first-order valence-electron chi connectivity index (χ1n) is 5.29. The first-order valence-corrected chi connectivity index (χ1v) is 6.80.